The van der Waals surface area contributed by atoms with Gasteiger partial charge in [-0.05, 0) is 80.0 Å². The molecule has 1 aromatic heterocycles. The summed E-state index contributed by atoms with van der Waals surface area (Å²) in [6.07, 6.45) is 12.5. The molecule has 0 radical (unpaired) electrons. The van der Waals surface area contributed by atoms with Gasteiger partial charge >= 0.3 is 0 Å². The maximum Gasteiger partial charge on any atom is 0.0270 e. The Bertz CT molecular complexity index is 430. The zero-order valence-electron chi connectivity index (χ0n) is 11.6. The number of hydrogen-bond acceptors (Lipinski definition) is 2. The molecular formula is C17H24N2. The summed E-state index contributed by atoms with van der Waals surface area (Å²) in [5, 5.41) is 3.85. The zero-order chi connectivity index (χ0) is 12.7. The number of rotatable bonds is 4. The van der Waals surface area contributed by atoms with E-state index in [1.807, 2.05) is 12.4 Å². The van der Waals surface area contributed by atoms with Crippen molar-refractivity contribution in [3.05, 3.63) is 30.1 Å². The van der Waals surface area contributed by atoms with Gasteiger partial charge in [0.25, 0.3) is 0 Å². The molecule has 1 heterocycles. The first kappa shape index (κ1) is 11.9. The van der Waals surface area contributed by atoms with E-state index >= 15 is 0 Å². The molecule has 3 aliphatic rings. The van der Waals surface area contributed by atoms with E-state index in [1.165, 1.54) is 37.7 Å². The Morgan fingerprint density at radius 1 is 1.05 bits per heavy atom. The summed E-state index contributed by atoms with van der Waals surface area (Å²) in [4.78, 5) is 4.08. The van der Waals surface area contributed by atoms with E-state index in [0.29, 0.717) is 0 Å². The molecule has 0 aliphatic heterocycles. The van der Waals surface area contributed by atoms with Crippen LogP contribution in [0.3, 0.4) is 0 Å². The second-order valence-electron chi connectivity index (χ2n) is 6.82. The van der Waals surface area contributed by atoms with E-state index < -0.39 is 0 Å². The van der Waals surface area contributed by atoms with Crippen molar-refractivity contribution in [2.75, 3.05) is 6.54 Å². The minimum Gasteiger partial charge on any atom is -0.313 e. The van der Waals surface area contributed by atoms with E-state index in [9.17, 15) is 0 Å². The average Bonchev–Trinajstić information content (AvgIpc) is 3.12. The SMILES string of the molecule is c1cc(CCNC2CC3CC2C2CCCC32)ccn1. The standard InChI is InChI=1S/C17H24N2/c1-2-14-13-10-16(15(14)3-1)17(11-13)19-9-6-12-4-7-18-8-5-12/h4-5,7-8,13-17,19H,1-3,6,9-11H2. The van der Waals surface area contributed by atoms with Gasteiger partial charge in [-0.15, -0.1) is 0 Å². The molecule has 2 heteroatoms. The first-order valence-corrected chi connectivity index (χ1v) is 8.04. The molecule has 3 fully saturated rings. The molecular weight excluding hydrogens is 232 g/mol. The number of aromatic nitrogens is 1. The van der Waals surface area contributed by atoms with Gasteiger partial charge < -0.3 is 5.32 Å². The van der Waals surface area contributed by atoms with Gasteiger partial charge in [-0.2, -0.15) is 0 Å². The van der Waals surface area contributed by atoms with Crippen molar-refractivity contribution in [3.8, 4) is 0 Å². The van der Waals surface area contributed by atoms with E-state index in [1.54, 1.807) is 0 Å². The third kappa shape index (κ3) is 2.10. The Balaban J connectivity index is 1.31. The van der Waals surface area contributed by atoms with Crippen molar-refractivity contribution >= 4 is 0 Å². The van der Waals surface area contributed by atoms with Gasteiger partial charge in [-0.1, -0.05) is 6.42 Å². The molecule has 102 valence electrons. The summed E-state index contributed by atoms with van der Waals surface area (Å²) < 4.78 is 0. The quantitative estimate of drug-likeness (QED) is 0.895. The van der Waals surface area contributed by atoms with Crippen LogP contribution >= 0.6 is 0 Å². The highest BCUT2D eigenvalue weighted by atomic mass is 14.9. The Labute approximate surface area is 116 Å². The second kappa shape index (κ2) is 4.90. The van der Waals surface area contributed by atoms with Gasteiger partial charge in [0, 0.05) is 18.4 Å². The molecule has 2 nitrogen and oxygen atoms in total. The maximum absolute atomic E-state index is 4.08. The summed E-state index contributed by atoms with van der Waals surface area (Å²) in [5.41, 5.74) is 1.41. The van der Waals surface area contributed by atoms with Gasteiger partial charge in [0.2, 0.25) is 0 Å². The number of nitrogens with one attached hydrogen (secondary N) is 1. The highest BCUT2D eigenvalue weighted by Gasteiger charge is 2.53. The molecule has 1 aromatic rings. The first-order chi connectivity index (χ1) is 9.42. The lowest BCUT2D eigenvalue weighted by atomic mass is 9.79. The third-order valence-electron chi connectivity index (χ3n) is 6.00. The van der Waals surface area contributed by atoms with Crippen molar-refractivity contribution in [2.45, 2.75) is 44.6 Å². The third-order valence-corrected chi connectivity index (χ3v) is 6.00. The molecule has 19 heavy (non-hydrogen) atoms. The Morgan fingerprint density at radius 3 is 2.79 bits per heavy atom. The average molecular weight is 256 g/mol. The normalized spacial score (nSPS) is 39.7. The fourth-order valence-corrected chi connectivity index (χ4v) is 5.25. The largest absolute Gasteiger partial charge is 0.313 e. The van der Waals surface area contributed by atoms with E-state index in [-0.39, 0.29) is 0 Å². The monoisotopic (exact) mass is 256 g/mol. The Hall–Kier alpha value is -0.890. The van der Waals surface area contributed by atoms with Crippen LogP contribution < -0.4 is 5.32 Å². The minimum atomic E-state index is 0.825. The number of pyridine rings is 1. The van der Waals surface area contributed by atoms with E-state index in [2.05, 4.69) is 22.4 Å². The van der Waals surface area contributed by atoms with Gasteiger partial charge in [0.05, 0.1) is 0 Å². The van der Waals surface area contributed by atoms with Crippen LogP contribution in [0.15, 0.2) is 24.5 Å². The summed E-state index contributed by atoms with van der Waals surface area (Å²) >= 11 is 0. The van der Waals surface area contributed by atoms with Crippen molar-refractivity contribution in [2.24, 2.45) is 23.7 Å². The molecule has 3 aliphatic carbocycles. The van der Waals surface area contributed by atoms with Crippen molar-refractivity contribution in [1.29, 1.82) is 0 Å². The molecule has 0 spiro atoms. The maximum atomic E-state index is 4.08. The molecule has 0 amide bonds. The van der Waals surface area contributed by atoms with Crippen molar-refractivity contribution < 1.29 is 0 Å². The van der Waals surface area contributed by atoms with Crippen LogP contribution in [0, 0.1) is 23.7 Å². The van der Waals surface area contributed by atoms with Crippen LogP contribution in [-0.2, 0) is 6.42 Å². The molecule has 2 bridgehead atoms. The Morgan fingerprint density at radius 2 is 1.89 bits per heavy atom. The lowest BCUT2D eigenvalue weighted by Crippen LogP contribution is -2.40. The molecule has 3 saturated carbocycles. The van der Waals surface area contributed by atoms with Crippen LogP contribution in [0.25, 0.3) is 0 Å². The van der Waals surface area contributed by atoms with Crippen LogP contribution in [-0.4, -0.2) is 17.6 Å². The number of hydrogen-bond donors (Lipinski definition) is 1. The fraction of sp³-hybridized carbons (Fsp3) is 0.706. The fourth-order valence-electron chi connectivity index (χ4n) is 5.25. The summed E-state index contributed by atoms with van der Waals surface area (Å²) in [6, 6.07) is 5.09. The highest BCUT2D eigenvalue weighted by molar-refractivity contribution is 5.10. The summed E-state index contributed by atoms with van der Waals surface area (Å²) in [7, 11) is 0. The molecule has 1 N–H and O–H groups in total. The molecule has 0 aromatic carbocycles. The highest BCUT2D eigenvalue weighted by Crippen LogP contribution is 2.58. The summed E-state index contributed by atoms with van der Waals surface area (Å²) in [5.74, 6) is 4.27. The van der Waals surface area contributed by atoms with Crippen molar-refractivity contribution in [3.63, 3.8) is 0 Å². The lowest BCUT2D eigenvalue weighted by Gasteiger charge is -2.32. The predicted molar refractivity (Wildman–Crippen MR) is 76.8 cm³/mol. The lowest BCUT2D eigenvalue weighted by molar-refractivity contribution is 0.209. The van der Waals surface area contributed by atoms with Gasteiger partial charge in [-0.3, -0.25) is 4.98 Å². The van der Waals surface area contributed by atoms with Gasteiger partial charge in [0.15, 0.2) is 0 Å². The predicted octanol–water partition coefficient (Wildman–Crippen LogP) is 3.04. The zero-order valence-corrected chi connectivity index (χ0v) is 11.6. The topological polar surface area (TPSA) is 24.9 Å². The smallest absolute Gasteiger partial charge is 0.0270 e. The minimum absolute atomic E-state index is 0.825. The first-order valence-electron chi connectivity index (χ1n) is 8.04. The summed E-state index contributed by atoms with van der Waals surface area (Å²) in [6.45, 7) is 1.13. The van der Waals surface area contributed by atoms with Crippen LogP contribution in [0.4, 0.5) is 0 Å². The number of nitrogens with zero attached hydrogens (tertiary/aromatic N) is 1. The second-order valence-corrected chi connectivity index (χ2v) is 6.82. The number of fused-ring (bicyclic) bond motifs is 5. The van der Waals surface area contributed by atoms with E-state index in [0.717, 1.165) is 42.7 Å². The Kier molecular flexibility index (Phi) is 3.07. The van der Waals surface area contributed by atoms with Crippen molar-refractivity contribution in [1.82, 2.24) is 10.3 Å². The van der Waals surface area contributed by atoms with Crippen LogP contribution in [0.5, 0.6) is 0 Å². The molecule has 0 saturated heterocycles. The van der Waals surface area contributed by atoms with Crippen LogP contribution in [0.2, 0.25) is 0 Å². The van der Waals surface area contributed by atoms with Crippen LogP contribution in [0.1, 0.15) is 37.7 Å². The van der Waals surface area contributed by atoms with Gasteiger partial charge in [0.1, 0.15) is 0 Å². The molecule has 5 unspecified atom stereocenters. The van der Waals surface area contributed by atoms with Gasteiger partial charge in [-0.25, -0.2) is 0 Å². The molecule has 5 atom stereocenters. The molecule has 4 rings (SSSR count). The van der Waals surface area contributed by atoms with E-state index in [4.69, 9.17) is 0 Å².